The molecule has 0 bridgehead atoms. The zero-order valence-corrected chi connectivity index (χ0v) is 9.15. The molecule has 0 aliphatic rings. The Hall–Kier alpha value is -1.58. The highest BCUT2D eigenvalue weighted by Crippen LogP contribution is 2.12. The number of hydrogen-bond donors (Lipinski definition) is 1. The minimum absolute atomic E-state index is 0.00639. The second-order valence-corrected chi connectivity index (χ2v) is 4.05. The van der Waals surface area contributed by atoms with Crippen molar-refractivity contribution in [3.63, 3.8) is 0 Å². The van der Waals surface area contributed by atoms with Gasteiger partial charge in [-0.1, -0.05) is 13.8 Å². The van der Waals surface area contributed by atoms with Crippen molar-refractivity contribution in [2.45, 2.75) is 20.3 Å². The van der Waals surface area contributed by atoms with Crippen LogP contribution in [-0.2, 0) is 7.05 Å². The predicted molar refractivity (Wildman–Crippen MR) is 56.2 cm³/mol. The van der Waals surface area contributed by atoms with E-state index in [0.717, 1.165) is 0 Å². The molecule has 1 aromatic heterocycles. The molecule has 1 N–H and O–H groups in total. The van der Waals surface area contributed by atoms with Crippen LogP contribution < -0.4 is 0 Å². The van der Waals surface area contributed by atoms with Gasteiger partial charge in [0.15, 0.2) is 5.78 Å². The van der Waals surface area contributed by atoms with Crippen LogP contribution in [0, 0.1) is 5.92 Å². The first-order valence-electron chi connectivity index (χ1n) is 4.84. The Labute approximate surface area is 88.5 Å². The number of carboxylic acid groups (broad SMARTS) is 1. The van der Waals surface area contributed by atoms with Crippen molar-refractivity contribution in [2.24, 2.45) is 13.0 Å². The number of aromatic nitrogens is 1. The quantitative estimate of drug-likeness (QED) is 0.771. The minimum Gasteiger partial charge on any atom is -0.477 e. The van der Waals surface area contributed by atoms with Crippen molar-refractivity contribution in [2.75, 3.05) is 0 Å². The van der Waals surface area contributed by atoms with Gasteiger partial charge in [0.05, 0.1) is 0 Å². The molecule has 0 fully saturated rings. The minimum atomic E-state index is -1.01. The number of Topliss-reactive ketones (excluding diaryl/α,β-unsaturated/α-hetero) is 1. The van der Waals surface area contributed by atoms with Crippen molar-refractivity contribution in [1.82, 2.24) is 4.57 Å². The molecule has 0 amide bonds. The maximum absolute atomic E-state index is 11.6. The van der Waals surface area contributed by atoms with Crippen LogP contribution in [0.25, 0.3) is 0 Å². The third-order valence-corrected chi connectivity index (χ3v) is 2.14. The fraction of sp³-hybridized carbons (Fsp3) is 0.455. The van der Waals surface area contributed by atoms with Gasteiger partial charge in [0.2, 0.25) is 0 Å². The van der Waals surface area contributed by atoms with Gasteiger partial charge in [-0.05, 0) is 12.0 Å². The van der Waals surface area contributed by atoms with E-state index in [-0.39, 0.29) is 17.4 Å². The van der Waals surface area contributed by atoms with Gasteiger partial charge >= 0.3 is 5.97 Å². The lowest BCUT2D eigenvalue weighted by Gasteiger charge is -2.00. The molecule has 0 saturated carbocycles. The number of carbonyl (C=O) groups excluding carboxylic acids is 1. The van der Waals surface area contributed by atoms with Crippen LogP contribution in [0.1, 0.15) is 41.1 Å². The van der Waals surface area contributed by atoms with Crippen molar-refractivity contribution >= 4 is 11.8 Å². The van der Waals surface area contributed by atoms with E-state index < -0.39 is 5.97 Å². The first-order valence-corrected chi connectivity index (χ1v) is 4.84. The molecule has 4 nitrogen and oxygen atoms in total. The second kappa shape index (κ2) is 4.29. The van der Waals surface area contributed by atoms with E-state index in [1.165, 1.54) is 10.6 Å². The SMILES string of the molecule is CC(C)CC(=O)c1cc(C(=O)O)n(C)c1. The predicted octanol–water partition coefficient (Wildman–Crippen LogP) is 1.95. The summed E-state index contributed by atoms with van der Waals surface area (Å²) in [5.41, 5.74) is 0.616. The van der Waals surface area contributed by atoms with E-state index in [4.69, 9.17) is 5.11 Å². The van der Waals surface area contributed by atoms with Gasteiger partial charge in [-0.3, -0.25) is 4.79 Å². The highest BCUT2D eigenvalue weighted by molar-refractivity contribution is 5.98. The summed E-state index contributed by atoms with van der Waals surface area (Å²) in [4.78, 5) is 22.4. The lowest BCUT2D eigenvalue weighted by Crippen LogP contribution is -2.02. The van der Waals surface area contributed by atoms with Gasteiger partial charge in [0, 0.05) is 25.2 Å². The molecular weight excluding hydrogens is 194 g/mol. The molecule has 4 heteroatoms. The van der Waals surface area contributed by atoms with E-state index in [1.54, 1.807) is 13.2 Å². The van der Waals surface area contributed by atoms with Crippen LogP contribution in [0.5, 0.6) is 0 Å². The number of aryl methyl sites for hydroxylation is 1. The van der Waals surface area contributed by atoms with Crippen LogP contribution >= 0.6 is 0 Å². The lowest BCUT2D eigenvalue weighted by atomic mass is 10.0. The number of nitrogens with zero attached hydrogens (tertiary/aromatic N) is 1. The van der Waals surface area contributed by atoms with Gasteiger partial charge in [-0.2, -0.15) is 0 Å². The summed E-state index contributed by atoms with van der Waals surface area (Å²) in [6, 6.07) is 1.42. The molecule has 0 saturated heterocycles. The summed E-state index contributed by atoms with van der Waals surface area (Å²) < 4.78 is 1.45. The summed E-state index contributed by atoms with van der Waals surface area (Å²) >= 11 is 0. The van der Waals surface area contributed by atoms with E-state index in [2.05, 4.69) is 0 Å². The van der Waals surface area contributed by atoms with Gasteiger partial charge < -0.3 is 9.67 Å². The molecule has 0 aliphatic carbocycles. The van der Waals surface area contributed by atoms with Gasteiger partial charge in [0.1, 0.15) is 5.69 Å². The summed E-state index contributed by atoms with van der Waals surface area (Å²) in [6.07, 6.45) is 2.01. The smallest absolute Gasteiger partial charge is 0.352 e. The molecular formula is C11H15NO3. The van der Waals surface area contributed by atoms with Gasteiger partial charge in [-0.15, -0.1) is 0 Å². The van der Waals surface area contributed by atoms with Crippen LogP contribution in [-0.4, -0.2) is 21.4 Å². The number of aromatic carboxylic acids is 1. The average Bonchev–Trinajstić information content (AvgIpc) is 2.46. The molecule has 0 radical (unpaired) electrons. The highest BCUT2D eigenvalue weighted by Gasteiger charge is 2.15. The highest BCUT2D eigenvalue weighted by atomic mass is 16.4. The monoisotopic (exact) mass is 209 g/mol. The fourth-order valence-corrected chi connectivity index (χ4v) is 1.42. The first kappa shape index (κ1) is 11.5. The van der Waals surface area contributed by atoms with E-state index in [0.29, 0.717) is 12.0 Å². The zero-order chi connectivity index (χ0) is 11.6. The van der Waals surface area contributed by atoms with E-state index in [1.807, 2.05) is 13.8 Å². The van der Waals surface area contributed by atoms with Crippen molar-refractivity contribution in [3.05, 3.63) is 23.5 Å². The molecule has 1 rings (SSSR count). The van der Waals surface area contributed by atoms with Crippen LogP contribution in [0.4, 0.5) is 0 Å². The first-order chi connectivity index (χ1) is 6.91. The zero-order valence-electron chi connectivity index (χ0n) is 9.15. The van der Waals surface area contributed by atoms with Crippen LogP contribution in [0.3, 0.4) is 0 Å². The number of hydrogen-bond acceptors (Lipinski definition) is 2. The summed E-state index contributed by atoms with van der Waals surface area (Å²) in [6.45, 7) is 3.91. The van der Waals surface area contributed by atoms with Crippen molar-refractivity contribution < 1.29 is 14.7 Å². The maximum atomic E-state index is 11.6. The number of rotatable bonds is 4. The standard InChI is InChI=1S/C11H15NO3/c1-7(2)4-10(13)8-5-9(11(14)15)12(3)6-8/h5-7H,4H2,1-3H3,(H,14,15). The maximum Gasteiger partial charge on any atom is 0.352 e. The molecule has 15 heavy (non-hydrogen) atoms. The number of carbonyl (C=O) groups is 2. The largest absolute Gasteiger partial charge is 0.477 e. The summed E-state index contributed by atoms with van der Waals surface area (Å²) in [5, 5.41) is 8.81. The van der Waals surface area contributed by atoms with Gasteiger partial charge in [0.25, 0.3) is 0 Å². The van der Waals surface area contributed by atoms with Gasteiger partial charge in [-0.25, -0.2) is 4.79 Å². The summed E-state index contributed by atoms with van der Waals surface area (Å²) in [7, 11) is 1.62. The average molecular weight is 209 g/mol. The van der Waals surface area contributed by atoms with Crippen molar-refractivity contribution in [1.29, 1.82) is 0 Å². The second-order valence-electron chi connectivity index (χ2n) is 4.05. The molecule has 0 aromatic carbocycles. The molecule has 1 aromatic rings. The van der Waals surface area contributed by atoms with Crippen molar-refractivity contribution in [3.8, 4) is 0 Å². The molecule has 0 atom stereocenters. The molecule has 0 aliphatic heterocycles. The lowest BCUT2D eigenvalue weighted by molar-refractivity contribution is 0.0686. The Bertz CT molecular complexity index is 391. The van der Waals surface area contributed by atoms with Crippen LogP contribution in [0.2, 0.25) is 0 Å². The van der Waals surface area contributed by atoms with E-state index in [9.17, 15) is 9.59 Å². The molecule has 0 spiro atoms. The normalized spacial score (nSPS) is 10.7. The third-order valence-electron chi connectivity index (χ3n) is 2.14. The Balaban J connectivity index is 2.92. The molecule has 0 unspecified atom stereocenters. The van der Waals surface area contributed by atoms with E-state index >= 15 is 0 Å². The summed E-state index contributed by atoms with van der Waals surface area (Å²) in [5.74, 6) is -0.736. The Morgan fingerprint density at radius 2 is 2.07 bits per heavy atom. The Morgan fingerprint density at radius 1 is 1.47 bits per heavy atom. The number of ketones is 1. The fourth-order valence-electron chi connectivity index (χ4n) is 1.42. The number of carboxylic acids is 1. The topological polar surface area (TPSA) is 59.3 Å². The molecule has 1 heterocycles. The molecule has 82 valence electrons. The Morgan fingerprint density at radius 3 is 2.47 bits per heavy atom. The Kier molecular flexibility index (Phi) is 3.29. The third kappa shape index (κ3) is 2.68. The van der Waals surface area contributed by atoms with Crippen LogP contribution in [0.15, 0.2) is 12.3 Å².